The number of hydrogen-bond acceptors (Lipinski definition) is 5. The molecule has 0 radical (unpaired) electrons. The highest BCUT2D eigenvalue weighted by atomic mass is 15.4. The summed E-state index contributed by atoms with van der Waals surface area (Å²) in [5.41, 5.74) is 6.64. The Kier molecular flexibility index (Phi) is 5.34. The Bertz CT molecular complexity index is 1030. The van der Waals surface area contributed by atoms with Crippen LogP contribution in [0.3, 0.4) is 0 Å². The molecule has 0 bridgehead atoms. The summed E-state index contributed by atoms with van der Waals surface area (Å²) in [5.74, 6) is 0.609. The van der Waals surface area contributed by atoms with Crippen molar-refractivity contribution in [2.75, 3.05) is 0 Å². The van der Waals surface area contributed by atoms with Crippen molar-refractivity contribution in [3.05, 3.63) is 46.0 Å². The molecule has 2 N–H and O–H groups in total. The van der Waals surface area contributed by atoms with E-state index in [9.17, 15) is 10.5 Å². The molecule has 2 aliphatic heterocycles. The molecule has 0 aromatic heterocycles. The van der Waals surface area contributed by atoms with Gasteiger partial charge in [-0.25, -0.2) is 0 Å². The highest BCUT2D eigenvalue weighted by molar-refractivity contribution is 5.58. The van der Waals surface area contributed by atoms with Crippen LogP contribution in [0.15, 0.2) is 46.0 Å². The van der Waals surface area contributed by atoms with Gasteiger partial charge >= 0.3 is 0 Å². The zero-order valence-corrected chi connectivity index (χ0v) is 19.6. The first kappa shape index (κ1) is 21.1. The standard InChI is InChI=1S/C28H35N5/c29-17-20(18-30)24-15-23(31-22-10-2-1-3-11-22)16-26-27(24)32-28-13-7-6-9-21(28)14-19-8-4-5-12-25(19)33(26)28/h15-16,21-22,27,31-32H,1-14H2/t21-,27-,28+/m1/s1. The molecule has 1 saturated heterocycles. The van der Waals surface area contributed by atoms with E-state index in [-0.39, 0.29) is 17.3 Å². The molecule has 5 heteroatoms. The molecule has 0 aromatic rings. The van der Waals surface area contributed by atoms with Crippen LogP contribution < -0.4 is 10.6 Å². The van der Waals surface area contributed by atoms with Crippen LogP contribution in [0.25, 0.3) is 0 Å². The Labute approximate surface area is 197 Å². The van der Waals surface area contributed by atoms with Crippen LogP contribution in [-0.4, -0.2) is 22.6 Å². The second-order valence-electron chi connectivity index (χ2n) is 10.9. The van der Waals surface area contributed by atoms with Crippen LogP contribution >= 0.6 is 0 Å². The summed E-state index contributed by atoms with van der Waals surface area (Å²) < 4.78 is 0. The number of rotatable bonds is 2. The lowest BCUT2D eigenvalue weighted by atomic mass is 9.70. The normalized spacial score (nSPS) is 33.5. The van der Waals surface area contributed by atoms with Crippen molar-refractivity contribution >= 4 is 0 Å². The van der Waals surface area contributed by atoms with Gasteiger partial charge in [0.05, 0.1) is 11.7 Å². The van der Waals surface area contributed by atoms with E-state index in [4.69, 9.17) is 0 Å². The Morgan fingerprint density at radius 2 is 1.76 bits per heavy atom. The van der Waals surface area contributed by atoms with Gasteiger partial charge in [0.1, 0.15) is 17.7 Å². The minimum Gasteiger partial charge on any atom is -0.382 e. The molecule has 172 valence electrons. The molecular formula is C28H35N5. The van der Waals surface area contributed by atoms with Crippen LogP contribution in [-0.2, 0) is 0 Å². The topological polar surface area (TPSA) is 74.9 Å². The first-order chi connectivity index (χ1) is 16.2. The van der Waals surface area contributed by atoms with Crippen molar-refractivity contribution in [3.63, 3.8) is 0 Å². The Morgan fingerprint density at radius 3 is 2.58 bits per heavy atom. The third kappa shape index (κ3) is 3.36. The van der Waals surface area contributed by atoms with Gasteiger partial charge in [0, 0.05) is 28.7 Å². The summed E-state index contributed by atoms with van der Waals surface area (Å²) in [4.78, 5) is 2.70. The lowest BCUT2D eigenvalue weighted by molar-refractivity contribution is 0.0304. The van der Waals surface area contributed by atoms with E-state index in [0.29, 0.717) is 12.0 Å². The quantitative estimate of drug-likeness (QED) is 0.559. The van der Waals surface area contributed by atoms with Crippen molar-refractivity contribution < 1.29 is 0 Å². The summed E-state index contributed by atoms with van der Waals surface area (Å²) in [6.45, 7) is 0. The molecule has 6 rings (SSSR count). The number of nitrogens with zero attached hydrogens (tertiary/aromatic N) is 3. The molecule has 3 fully saturated rings. The molecule has 0 amide bonds. The lowest BCUT2D eigenvalue weighted by Gasteiger charge is -2.54. The van der Waals surface area contributed by atoms with Crippen molar-refractivity contribution in [2.24, 2.45) is 5.92 Å². The Hall–Kier alpha value is -2.50. The number of hydrogen-bond donors (Lipinski definition) is 2. The van der Waals surface area contributed by atoms with Crippen molar-refractivity contribution in [1.29, 1.82) is 10.5 Å². The zero-order valence-electron chi connectivity index (χ0n) is 19.6. The summed E-state index contributed by atoms with van der Waals surface area (Å²) in [6, 6.07) is 4.85. The summed E-state index contributed by atoms with van der Waals surface area (Å²) in [5, 5.41) is 27.5. The van der Waals surface area contributed by atoms with Gasteiger partial charge in [-0.3, -0.25) is 5.32 Å². The molecule has 3 atom stereocenters. The van der Waals surface area contributed by atoms with Crippen LogP contribution in [0, 0.1) is 28.6 Å². The Morgan fingerprint density at radius 1 is 0.970 bits per heavy atom. The second-order valence-corrected chi connectivity index (χ2v) is 10.9. The van der Waals surface area contributed by atoms with E-state index in [1.54, 1.807) is 11.3 Å². The molecule has 4 aliphatic carbocycles. The SMILES string of the molecule is N#CC(C#N)=C1C=C(NC2CCCCC2)C=C2[C@@H]1N[C@]13CCCC[C@@H]1CC1=C(CCCC1)N23. The number of nitrogens with one attached hydrogen (secondary N) is 2. The first-order valence-corrected chi connectivity index (χ1v) is 13.3. The molecule has 0 unspecified atom stereocenters. The largest absolute Gasteiger partial charge is 0.382 e. The third-order valence-corrected chi connectivity index (χ3v) is 9.11. The van der Waals surface area contributed by atoms with Crippen LogP contribution in [0.4, 0.5) is 0 Å². The van der Waals surface area contributed by atoms with E-state index < -0.39 is 0 Å². The zero-order chi connectivity index (χ0) is 22.4. The minimum absolute atomic E-state index is 0.0552. The summed E-state index contributed by atoms with van der Waals surface area (Å²) in [7, 11) is 0. The average Bonchev–Trinajstić information content (AvgIpc) is 3.18. The molecule has 0 aromatic carbocycles. The lowest BCUT2D eigenvalue weighted by Crippen LogP contribution is -2.60. The molecule has 6 aliphatic rings. The van der Waals surface area contributed by atoms with Crippen LogP contribution in [0.1, 0.15) is 89.9 Å². The fourth-order valence-electron chi connectivity index (χ4n) is 7.64. The van der Waals surface area contributed by atoms with Gasteiger partial charge in [-0.2, -0.15) is 10.5 Å². The maximum absolute atomic E-state index is 9.83. The third-order valence-electron chi connectivity index (χ3n) is 9.11. The minimum atomic E-state index is -0.0643. The van der Waals surface area contributed by atoms with E-state index >= 15 is 0 Å². The van der Waals surface area contributed by atoms with Gasteiger partial charge in [-0.1, -0.05) is 31.3 Å². The monoisotopic (exact) mass is 441 g/mol. The van der Waals surface area contributed by atoms with E-state index in [0.717, 1.165) is 24.1 Å². The highest BCUT2D eigenvalue weighted by Gasteiger charge is 2.58. The summed E-state index contributed by atoms with van der Waals surface area (Å²) in [6.07, 6.45) is 21.9. The van der Waals surface area contributed by atoms with Gasteiger partial charge in [-0.05, 0) is 82.3 Å². The number of fused-ring (bicyclic) bond motifs is 3. The molecule has 2 saturated carbocycles. The van der Waals surface area contributed by atoms with Gasteiger partial charge in [0.15, 0.2) is 0 Å². The molecule has 33 heavy (non-hydrogen) atoms. The molecule has 5 nitrogen and oxygen atoms in total. The molecular weight excluding hydrogens is 406 g/mol. The van der Waals surface area contributed by atoms with Gasteiger partial charge in [0.25, 0.3) is 0 Å². The van der Waals surface area contributed by atoms with E-state index in [1.165, 1.54) is 82.7 Å². The Balaban J connectivity index is 1.47. The second kappa shape index (κ2) is 8.37. The van der Waals surface area contributed by atoms with E-state index in [2.05, 4.69) is 39.8 Å². The number of nitriles is 2. The summed E-state index contributed by atoms with van der Waals surface area (Å²) >= 11 is 0. The fourth-order valence-corrected chi connectivity index (χ4v) is 7.64. The highest BCUT2D eigenvalue weighted by Crippen LogP contribution is 2.55. The van der Waals surface area contributed by atoms with Crippen molar-refractivity contribution in [3.8, 4) is 12.1 Å². The number of allylic oxidation sites excluding steroid dienone is 4. The maximum Gasteiger partial charge on any atom is 0.134 e. The van der Waals surface area contributed by atoms with E-state index in [1.807, 2.05) is 0 Å². The average molecular weight is 442 g/mol. The van der Waals surface area contributed by atoms with Crippen LogP contribution in [0.5, 0.6) is 0 Å². The first-order valence-electron chi connectivity index (χ1n) is 13.3. The van der Waals surface area contributed by atoms with Crippen molar-refractivity contribution in [2.45, 2.75) is 108 Å². The van der Waals surface area contributed by atoms with Crippen LogP contribution in [0.2, 0.25) is 0 Å². The maximum atomic E-state index is 9.83. The smallest absolute Gasteiger partial charge is 0.134 e. The van der Waals surface area contributed by atoms with Gasteiger partial charge in [-0.15, -0.1) is 0 Å². The fraction of sp³-hybridized carbons (Fsp3) is 0.643. The molecule has 2 heterocycles. The molecule has 1 spiro atoms. The van der Waals surface area contributed by atoms with Gasteiger partial charge in [0.2, 0.25) is 0 Å². The predicted octanol–water partition coefficient (Wildman–Crippen LogP) is 5.43. The predicted molar refractivity (Wildman–Crippen MR) is 128 cm³/mol. The van der Waals surface area contributed by atoms with Gasteiger partial charge < -0.3 is 10.2 Å². The van der Waals surface area contributed by atoms with Crippen molar-refractivity contribution in [1.82, 2.24) is 15.5 Å².